The van der Waals surface area contributed by atoms with Crippen molar-refractivity contribution in [1.29, 1.82) is 0 Å². The molecule has 0 nitrogen and oxygen atoms in total. The Morgan fingerprint density at radius 1 is 1.00 bits per heavy atom. The summed E-state index contributed by atoms with van der Waals surface area (Å²) in [5, 5.41) is 0. The molecule has 0 aliphatic carbocycles. The number of allylic oxidation sites excluding steroid dienone is 1. The summed E-state index contributed by atoms with van der Waals surface area (Å²) in [5.74, 6) is 0. The Balaban J connectivity index is 0.00000256. The molecule has 1 aromatic carbocycles. The van der Waals surface area contributed by atoms with Gasteiger partial charge in [0.05, 0.1) is 0 Å². The van der Waals surface area contributed by atoms with E-state index in [1.807, 2.05) is 0 Å². The van der Waals surface area contributed by atoms with Crippen molar-refractivity contribution in [3.05, 3.63) is 42.0 Å². The van der Waals surface area contributed by atoms with Gasteiger partial charge in [0.1, 0.15) is 0 Å². The standard InChI is InChI=1S/C15H23P.Pd/c1-13(2)16(14(3)4)12-8-11-15-9-6-5-7-10-15;/h5-11,13-14H,12H2,1-4H3;/b11-8+;. The van der Waals surface area contributed by atoms with E-state index in [2.05, 4.69) is 70.2 Å². The van der Waals surface area contributed by atoms with Crippen molar-refractivity contribution in [2.24, 2.45) is 0 Å². The van der Waals surface area contributed by atoms with Crippen LogP contribution in [0.3, 0.4) is 0 Å². The quantitative estimate of drug-likeness (QED) is 0.523. The predicted molar refractivity (Wildman–Crippen MR) is 77.5 cm³/mol. The molecule has 1 aromatic rings. The van der Waals surface area contributed by atoms with Crippen LogP contribution in [-0.4, -0.2) is 17.5 Å². The Hall–Kier alpha value is 0.0523. The largest absolute Gasteiger partial charge is 0.0976 e. The number of rotatable bonds is 5. The zero-order chi connectivity index (χ0) is 12.0. The van der Waals surface area contributed by atoms with E-state index < -0.39 is 0 Å². The minimum absolute atomic E-state index is 0. The summed E-state index contributed by atoms with van der Waals surface area (Å²) >= 11 is 0. The fourth-order valence-corrected chi connectivity index (χ4v) is 4.28. The van der Waals surface area contributed by atoms with E-state index in [9.17, 15) is 0 Å². The molecular formula is C15H23PPd. The van der Waals surface area contributed by atoms with E-state index >= 15 is 0 Å². The van der Waals surface area contributed by atoms with Crippen molar-refractivity contribution in [3.63, 3.8) is 0 Å². The van der Waals surface area contributed by atoms with Crippen molar-refractivity contribution in [3.8, 4) is 0 Å². The van der Waals surface area contributed by atoms with Gasteiger partial charge in [0.25, 0.3) is 0 Å². The zero-order valence-corrected chi connectivity index (χ0v) is 13.6. The molecule has 0 saturated carbocycles. The smallest absolute Gasteiger partial charge is 0 e. The topological polar surface area (TPSA) is 0 Å². The normalized spacial score (nSPS) is 11.5. The fourth-order valence-electron chi connectivity index (χ4n) is 1.89. The van der Waals surface area contributed by atoms with Gasteiger partial charge in [-0.25, -0.2) is 0 Å². The van der Waals surface area contributed by atoms with Gasteiger partial charge in [0.15, 0.2) is 0 Å². The SMILES string of the molecule is CC(C)P(C/C=C/c1ccccc1)C(C)C.[Pd]. The summed E-state index contributed by atoms with van der Waals surface area (Å²) in [6.07, 6.45) is 5.85. The summed E-state index contributed by atoms with van der Waals surface area (Å²) in [5.41, 5.74) is 2.97. The molecule has 0 heterocycles. The minimum Gasteiger partial charge on any atom is -0.0976 e. The van der Waals surface area contributed by atoms with Gasteiger partial charge in [-0.15, -0.1) is 0 Å². The van der Waals surface area contributed by atoms with Crippen LogP contribution in [0.5, 0.6) is 0 Å². The summed E-state index contributed by atoms with van der Waals surface area (Å²) < 4.78 is 0. The van der Waals surface area contributed by atoms with Gasteiger partial charge >= 0.3 is 0 Å². The van der Waals surface area contributed by atoms with E-state index in [1.165, 1.54) is 11.7 Å². The Morgan fingerprint density at radius 3 is 2.00 bits per heavy atom. The first kappa shape index (κ1) is 17.1. The van der Waals surface area contributed by atoms with Gasteiger partial charge in [0, 0.05) is 20.4 Å². The van der Waals surface area contributed by atoms with Crippen molar-refractivity contribution < 1.29 is 20.4 Å². The number of benzene rings is 1. The Bertz CT molecular complexity index is 309. The van der Waals surface area contributed by atoms with Gasteiger partial charge in [0.2, 0.25) is 0 Å². The third kappa shape index (κ3) is 6.52. The second kappa shape index (κ2) is 9.05. The Labute approximate surface area is 121 Å². The molecule has 0 radical (unpaired) electrons. The molecule has 0 atom stereocenters. The van der Waals surface area contributed by atoms with Gasteiger partial charge in [-0.3, -0.25) is 0 Å². The average Bonchev–Trinajstić information content (AvgIpc) is 2.24. The zero-order valence-electron chi connectivity index (χ0n) is 11.2. The summed E-state index contributed by atoms with van der Waals surface area (Å²) in [7, 11) is 0.138. The van der Waals surface area contributed by atoms with E-state index in [0.29, 0.717) is 0 Å². The molecule has 98 valence electrons. The van der Waals surface area contributed by atoms with Crippen LogP contribution in [0.2, 0.25) is 0 Å². The van der Waals surface area contributed by atoms with E-state index in [-0.39, 0.29) is 28.3 Å². The first-order valence-electron chi connectivity index (χ1n) is 6.08. The van der Waals surface area contributed by atoms with Crippen LogP contribution in [-0.2, 0) is 20.4 Å². The van der Waals surface area contributed by atoms with Crippen LogP contribution in [0, 0.1) is 0 Å². The Kier molecular flexibility index (Phi) is 9.07. The molecule has 2 heteroatoms. The van der Waals surface area contributed by atoms with Crippen LogP contribution in [0.4, 0.5) is 0 Å². The maximum atomic E-state index is 2.35. The second-order valence-corrected chi connectivity index (χ2v) is 8.16. The first-order chi connectivity index (χ1) is 7.61. The van der Waals surface area contributed by atoms with Gasteiger partial charge in [-0.1, -0.05) is 78.1 Å². The monoisotopic (exact) mass is 340 g/mol. The maximum absolute atomic E-state index is 2.35. The summed E-state index contributed by atoms with van der Waals surface area (Å²) in [4.78, 5) is 0. The van der Waals surface area contributed by atoms with Crippen molar-refractivity contribution in [2.45, 2.75) is 39.0 Å². The molecule has 0 aromatic heterocycles. The van der Waals surface area contributed by atoms with E-state index in [4.69, 9.17) is 0 Å². The number of hydrogen-bond donors (Lipinski definition) is 0. The fraction of sp³-hybridized carbons (Fsp3) is 0.467. The first-order valence-corrected chi connectivity index (χ1v) is 7.75. The molecule has 0 amide bonds. The molecule has 1 rings (SSSR count). The molecule has 0 aliphatic rings. The van der Waals surface area contributed by atoms with Gasteiger partial charge < -0.3 is 0 Å². The van der Waals surface area contributed by atoms with Crippen LogP contribution >= 0.6 is 7.92 Å². The molecule has 17 heavy (non-hydrogen) atoms. The summed E-state index contributed by atoms with van der Waals surface area (Å²) in [6.45, 7) is 9.40. The molecule has 0 saturated heterocycles. The van der Waals surface area contributed by atoms with Crippen LogP contribution < -0.4 is 0 Å². The average molecular weight is 341 g/mol. The van der Waals surface area contributed by atoms with Crippen molar-refractivity contribution >= 4 is 14.0 Å². The number of hydrogen-bond acceptors (Lipinski definition) is 0. The molecule has 0 N–H and O–H groups in total. The molecule has 0 fully saturated rings. The third-order valence-corrected chi connectivity index (χ3v) is 6.04. The van der Waals surface area contributed by atoms with Gasteiger partial charge in [-0.05, 0) is 23.0 Å². The van der Waals surface area contributed by atoms with Gasteiger partial charge in [-0.2, -0.15) is 0 Å². The van der Waals surface area contributed by atoms with E-state index in [1.54, 1.807) is 0 Å². The van der Waals surface area contributed by atoms with Crippen LogP contribution in [0.1, 0.15) is 33.3 Å². The van der Waals surface area contributed by atoms with Crippen molar-refractivity contribution in [1.82, 2.24) is 0 Å². The third-order valence-electron chi connectivity index (χ3n) is 2.75. The molecule has 0 aliphatic heterocycles. The molecular weight excluding hydrogens is 318 g/mol. The van der Waals surface area contributed by atoms with Crippen LogP contribution in [0.15, 0.2) is 36.4 Å². The van der Waals surface area contributed by atoms with Crippen LogP contribution in [0.25, 0.3) is 6.08 Å². The molecule has 0 spiro atoms. The Morgan fingerprint density at radius 2 is 1.53 bits per heavy atom. The molecule has 0 bridgehead atoms. The minimum atomic E-state index is 0. The molecule has 0 unspecified atom stereocenters. The maximum Gasteiger partial charge on any atom is 0 e. The predicted octanol–water partition coefficient (Wildman–Crippen LogP) is 5.00. The second-order valence-electron chi connectivity index (χ2n) is 4.70. The summed E-state index contributed by atoms with van der Waals surface area (Å²) in [6, 6.07) is 10.6. The van der Waals surface area contributed by atoms with E-state index in [0.717, 1.165) is 11.3 Å². The van der Waals surface area contributed by atoms with Crippen molar-refractivity contribution in [2.75, 3.05) is 6.16 Å².